The fourth-order valence-corrected chi connectivity index (χ4v) is 5.55. The third kappa shape index (κ3) is 4.14. The number of anilines is 1. The summed E-state index contributed by atoms with van der Waals surface area (Å²) in [5.74, 6) is -1.99. The molecule has 4 rings (SSSR count). The molecule has 0 bridgehead atoms. The molecule has 8 nitrogen and oxygen atoms in total. The number of thiophene rings is 1. The number of carbonyl (C=O) groups excluding carboxylic acids is 4. The molecule has 0 spiro atoms. The third-order valence-corrected chi connectivity index (χ3v) is 7.84. The van der Waals surface area contributed by atoms with E-state index in [1.165, 1.54) is 30.6 Å². The van der Waals surface area contributed by atoms with Crippen molar-refractivity contribution in [1.29, 1.82) is 0 Å². The van der Waals surface area contributed by atoms with E-state index in [0.29, 0.717) is 26.8 Å². The highest BCUT2D eigenvalue weighted by atomic mass is 35.5. The van der Waals surface area contributed by atoms with E-state index >= 15 is 0 Å². The molecule has 0 radical (unpaired) electrons. The fourth-order valence-electron chi connectivity index (χ4n) is 4.12. The maximum absolute atomic E-state index is 13.3. The van der Waals surface area contributed by atoms with Gasteiger partial charge in [0.15, 0.2) is 0 Å². The SMILES string of the molecule is COC(=O)c1c(-n2c(C)cc(/C=C3\C(=O)NC(=O)N(c4ccc(C)c(Cl)c4)C3=O)c2C)sc(C)c1C. The lowest BCUT2D eigenvalue weighted by atomic mass is 10.1. The van der Waals surface area contributed by atoms with Gasteiger partial charge in [-0.05, 0) is 75.6 Å². The highest BCUT2D eigenvalue weighted by Gasteiger charge is 2.37. The Hall–Kier alpha value is -3.69. The van der Waals surface area contributed by atoms with Gasteiger partial charge in [0, 0.05) is 21.3 Å². The zero-order valence-electron chi connectivity index (χ0n) is 20.6. The maximum Gasteiger partial charge on any atom is 0.341 e. The van der Waals surface area contributed by atoms with Crippen LogP contribution in [0.15, 0.2) is 29.8 Å². The molecule has 1 N–H and O–H groups in total. The summed E-state index contributed by atoms with van der Waals surface area (Å²) < 4.78 is 6.91. The Morgan fingerprint density at radius 1 is 1.08 bits per heavy atom. The number of halogens is 1. The number of nitrogens with zero attached hydrogens (tertiary/aromatic N) is 2. The monoisotopic (exact) mass is 525 g/mol. The second-order valence-corrected chi connectivity index (χ2v) is 10.1. The summed E-state index contributed by atoms with van der Waals surface area (Å²) in [5, 5.41) is 3.31. The molecule has 186 valence electrons. The minimum absolute atomic E-state index is 0.196. The molecule has 1 saturated heterocycles. The number of barbiturate groups is 1. The maximum atomic E-state index is 13.3. The number of nitrogens with one attached hydrogen (secondary N) is 1. The Bertz CT molecular complexity index is 1500. The van der Waals surface area contributed by atoms with Crippen molar-refractivity contribution < 1.29 is 23.9 Å². The largest absolute Gasteiger partial charge is 0.465 e. The van der Waals surface area contributed by atoms with E-state index in [0.717, 1.165) is 26.6 Å². The predicted octanol–water partition coefficient (Wildman–Crippen LogP) is 5.19. The molecule has 0 aliphatic carbocycles. The highest BCUT2D eigenvalue weighted by Crippen LogP contribution is 2.35. The lowest BCUT2D eigenvalue weighted by molar-refractivity contribution is -0.122. The zero-order valence-corrected chi connectivity index (χ0v) is 22.2. The molecule has 2 aromatic heterocycles. The number of methoxy groups -OCH3 is 1. The topological polar surface area (TPSA) is 97.7 Å². The number of aryl methyl sites for hydroxylation is 3. The number of hydrogen-bond donors (Lipinski definition) is 1. The summed E-state index contributed by atoms with van der Waals surface area (Å²) in [6.45, 7) is 9.30. The van der Waals surface area contributed by atoms with E-state index in [-0.39, 0.29) is 11.3 Å². The minimum Gasteiger partial charge on any atom is -0.465 e. The van der Waals surface area contributed by atoms with Gasteiger partial charge >= 0.3 is 12.0 Å². The van der Waals surface area contributed by atoms with Crippen LogP contribution in [0.4, 0.5) is 10.5 Å². The normalized spacial score (nSPS) is 15.0. The average Bonchev–Trinajstić information content (AvgIpc) is 3.26. The van der Waals surface area contributed by atoms with Crippen LogP contribution in [0, 0.1) is 34.6 Å². The second-order valence-electron chi connectivity index (χ2n) is 8.51. The van der Waals surface area contributed by atoms with Crippen LogP contribution in [0.5, 0.6) is 0 Å². The molecule has 4 amide bonds. The lowest BCUT2D eigenvalue weighted by Gasteiger charge is -2.26. The molecule has 1 aliphatic rings. The number of urea groups is 1. The van der Waals surface area contributed by atoms with Crippen molar-refractivity contribution in [2.45, 2.75) is 34.6 Å². The van der Waals surface area contributed by atoms with Crippen molar-refractivity contribution >= 4 is 58.5 Å². The first-order valence-corrected chi connectivity index (χ1v) is 12.2. The van der Waals surface area contributed by atoms with Gasteiger partial charge in [-0.2, -0.15) is 0 Å². The minimum atomic E-state index is -0.847. The Balaban J connectivity index is 1.81. The fraction of sp³-hybridized carbons (Fsp3) is 0.231. The van der Waals surface area contributed by atoms with Gasteiger partial charge in [0.05, 0.1) is 18.4 Å². The standard InChI is InChI=1S/C26H24ClN3O5S/c1-12-7-8-18(11-20(12)27)30-23(32)19(22(31)28-26(30)34)10-17-9-13(2)29(15(17)4)24-21(25(33)35-6)14(3)16(5)36-24/h7-11H,1-6H3,(H,28,31,34)/b19-10+. The van der Waals surface area contributed by atoms with Crippen molar-refractivity contribution in [3.05, 3.63) is 73.4 Å². The quantitative estimate of drug-likeness (QED) is 0.287. The molecular formula is C26H24ClN3O5S. The Kier molecular flexibility index (Phi) is 6.64. The molecule has 0 unspecified atom stereocenters. The Labute approximate surface area is 217 Å². The van der Waals surface area contributed by atoms with Crippen LogP contribution in [0.3, 0.4) is 0 Å². The van der Waals surface area contributed by atoms with E-state index in [4.69, 9.17) is 16.3 Å². The third-order valence-electron chi connectivity index (χ3n) is 6.24. The number of hydrogen-bond acceptors (Lipinski definition) is 6. The molecule has 3 heterocycles. The van der Waals surface area contributed by atoms with Crippen LogP contribution in [0.25, 0.3) is 11.1 Å². The van der Waals surface area contributed by atoms with E-state index < -0.39 is 23.8 Å². The van der Waals surface area contributed by atoms with Crippen molar-refractivity contribution in [2.75, 3.05) is 12.0 Å². The summed E-state index contributed by atoms with van der Waals surface area (Å²) in [5.41, 5.74) is 4.27. The molecule has 0 saturated carbocycles. The first kappa shape index (κ1) is 25.4. The molecule has 1 aromatic carbocycles. The predicted molar refractivity (Wildman–Crippen MR) is 139 cm³/mol. The van der Waals surface area contributed by atoms with Crippen LogP contribution in [-0.2, 0) is 14.3 Å². The number of imide groups is 2. The van der Waals surface area contributed by atoms with Crippen LogP contribution in [0.1, 0.15) is 43.3 Å². The molecule has 1 fully saturated rings. The number of aromatic nitrogens is 1. The zero-order chi connectivity index (χ0) is 26.5. The van der Waals surface area contributed by atoms with Gasteiger partial charge < -0.3 is 9.30 Å². The van der Waals surface area contributed by atoms with Gasteiger partial charge in [0.25, 0.3) is 11.8 Å². The summed E-state index contributed by atoms with van der Waals surface area (Å²) >= 11 is 7.65. The first-order chi connectivity index (χ1) is 17.0. The van der Waals surface area contributed by atoms with Gasteiger partial charge in [-0.3, -0.25) is 14.9 Å². The molecule has 10 heteroatoms. The highest BCUT2D eigenvalue weighted by molar-refractivity contribution is 7.15. The molecule has 0 atom stereocenters. The van der Waals surface area contributed by atoms with E-state index in [2.05, 4.69) is 5.32 Å². The summed E-state index contributed by atoms with van der Waals surface area (Å²) in [7, 11) is 1.34. The lowest BCUT2D eigenvalue weighted by Crippen LogP contribution is -2.54. The number of esters is 1. The van der Waals surface area contributed by atoms with Crippen LogP contribution < -0.4 is 10.2 Å². The van der Waals surface area contributed by atoms with Crippen molar-refractivity contribution in [1.82, 2.24) is 9.88 Å². The Morgan fingerprint density at radius 3 is 2.42 bits per heavy atom. The van der Waals surface area contributed by atoms with Gasteiger partial charge in [-0.15, -0.1) is 11.3 Å². The van der Waals surface area contributed by atoms with Crippen LogP contribution in [0.2, 0.25) is 5.02 Å². The first-order valence-electron chi connectivity index (χ1n) is 11.0. The van der Waals surface area contributed by atoms with E-state index in [9.17, 15) is 19.2 Å². The van der Waals surface area contributed by atoms with Gasteiger partial charge in [0.2, 0.25) is 0 Å². The van der Waals surface area contributed by atoms with Crippen LogP contribution in [-0.4, -0.2) is 35.5 Å². The molecule has 36 heavy (non-hydrogen) atoms. The molecular weight excluding hydrogens is 502 g/mol. The van der Waals surface area contributed by atoms with Crippen molar-refractivity contribution in [3.8, 4) is 5.00 Å². The Morgan fingerprint density at radius 2 is 1.78 bits per heavy atom. The number of amides is 4. The smallest absolute Gasteiger partial charge is 0.341 e. The number of rotatable bonds is 4. The average molecular weight is 526 g/mol. The van der Waals surface area contributed by atoms with E-state index in [1.807, 2.05) is 38.3 Å². The molecule has 1 aliphatic heterocycles. The van der Waals surface area contributed by atoms with Gasteiger partial charge in [-0.25, -0.2) is 14.5 Å². The second kappa shape index (κ2) is 9.40. The van der Waals surface area contributed by atoms with Crippen molar-refractivity contribution in [3.63, 3.8) is 0 Å². The number of ether oxygens (including phenoxy) is 1. The van der Waals surface area contributed by atoms with Gasteiger partial charge in [0.1, 0.15) is 10.6 Å². The van der Waals surface area contributed by atoms with Gasteiger partial charge in [-0.1, -0.05) is 17.7 Å². The summed E-state index contributed by atoms with van der Waals surface area (Å²) in [6.07, 6.45) is 1.46. The van der Waals surface area contributed by atoms with Crippen LogP contribution >= 0.6 is 22.9 Å². The number of carbonyl (C=O) groups is 4. The summed E-state index contributed by atoms with van der Waals surface area (Å²) in [4.78, 5) is 52.9. The molecule has 3 aromatic rings. The van der Waals surface area contributed by atoms with E-state index in [1.54, 1.807) is 19.1 Å². The van der Waals surface area contributed by atoms with Crippen molar-refractivity contribution in [2.24, 2.45) is 0 Å². The number of benzene rings is 1. The summed E-state index contributed by atoms with van der Waals surface area (Å²) in [6, 6.07) is 5.75.